The Labute approximate surface area is 140 Å². The number of hydrogen-bond acceptors (Lipinski definition) is 0. The predicted molar refractivity (Wildman–Crippen MR) is 99.4 cm³/mol. The Bertz CT molecular complexity index is 407. The molecule has 0 heterocycles. The molecule has 0 aromatic heterocycles. The Morgan fingerprint density at radius 1 is 0.952 bits per heavy atom. The lowest BCUT2D eigenvalue weighted by Gasteiger charge is -2.39. The van der Waals surface area contributed by atoms with E-state index in [-0.39, 0.29) is 7.92 Å². The SMILES string of the molecule is C=CC1C=CC(P(C2CCCCC2)C2CCCCC2)=C1Br. The molecule has 1 atom stereocenters. The normalized spacial score (nSPS) is 28.6. The summed E-state index contributed by atoms with van der Waals surface area (Å²) in [6.45, 7) is 4.00. The van der Waals surface area contributed by atoms with Gasteiger partial charge in [-0.3, -0.25) is 0 Å². The lowest BCUT2D eigenvalue weighted by molar-refractivity contribution is 0.486. The highest BCUT2D eigenvalue weighted by Gasteiger charge is 2.35. The first-order chi connectivity index (χ1) is 10.3. The van der Waals surface area contributed by atoms with Crippen molar-refractivity contribution in [1.82, 2.24) is 0 Å². The number of halogens is 1. The molecular formula is C19H28BrP. The van der Waals surface area contributed by atoms with Gasteiger partial charge >= 0.3 is 0 Å². The average molecular weight is 367 g/mol. The summed E-state index contributed by atoms with van der Waals surface area (Å²) in [7, 11) is 0.0284. The molecule has 3 rings (SSSR count). The van der Waals surface area contributed by atoms with E-state index in [1.54, 1.807) is 5.31 Å². The van der Waals surface area contributed by atoms with Crippen molar-refractivity contribution in [2.24, 2.45) is 5.92 Å². The molecule has 0 aromatic carbocycles. The minimum Gasteiger partial charge on any atom is -0.102 e. The molecule has 2 heteroatoms. The molecule has 2 fully saturated rings. The highest BCUT2D eigenvalue weighted by atomic mass is 79.9. The van der Waals surface area contributed by atoms with E-state index in [1.807, 2.05) is 0 Å². The fourth-order valence-corrected chi connectivity index (χ4v) is 9.30. The molecule has 0 aromatic rings. The van der Waals surface area contributed by atoms with Crippen molar-refractivity contribution in [3.05, 3.63) is 34.6 Å². The molecule has 0 amide bonds. The van der Waals surface area contributed by atoms with Gasteiger partial charge in [-0.05, 0) is 42.3 Å². The maximum atomic E-state index is 4.00. The first kappa shape index (κ1) is 16.0. The fraction of sp³-hybridized carbons (Fsp3) is 0.684. The molecule has 0 aliphatic heterocycles. The van der Waals surface area contributed by atoms with E-state index < -0.39 is 0 Å². The molecule has 116 valence electrons. The third-order valence-corrected chi connectivity index (χ3v) is 10.3. The van der Waals surface area contributed by atoms with Crippen molar-refractivity contribution in [1.29, 1.82) is 0 Å². The highest BCUT2D eigenvalue weighted by molar-refractivity contribution is 9.11. The molecule has 1 unspecified atom stereocenters. The van der Waals surface area contributed by atoms with Gasteiger partial charge in [0.05, 0.1) is 0 Å². The quantitative estimate of drug-likeness (QED) is 0.367. The van der Waals surface area contributed by atoms with Crippen molar-refractivity contribution in [2.75, 3.05) is 0 Å². The van der Waals surface area contributed by atoms with Gasteiger partial charge in [0.1, 0.15) is 0 Å². The highest BCUT2D eigenvalue weighted by Crippen LogP contribution is 2.64. The summed E-state index contributed by atoms with van der Waals surface area (Å²) in [5.74, 6) is 0.442. The molecule has 2 saturated carbocycles. The third-order valence-electron chi connectivity index (χ3n) is 5.47. The van der Waals surface area contributed by atoms with Gasteiger partial charge in [-0.25, -0.2) is 0 Å². The minimum atomic E-state index is 0.0284. The van der Waals surface area contributed by atoms with Crippen LogP contribution in [0.25, 0.3) is 0 Å². The monoisotopic (exact) mass is 366 g/mol. The minimum absolute atomic E-state index is 0.0284. The van der Waals surface area contributed by atoms with Crippen LogP contribution in [0.1, 0.15) is 64.2 Å². The fourth-order valence-electron chi connectivity index (χ4n) is 4.33. The van der Waals surface area contributed by atoms with Gasteiger partial charge in [0, 0.05) is 10.4 Å². The maximum absolute atomic E-state index is 4.00. The van der Waals surface area contributed by atoms with Crippen molar-refractivity contribution in [3.8, 4) is 0 Å². The van der Waals surface area contributed by atoms with Crippen LogP contribution >= 0.6 is 23.9 Å². The second-order valence-corrected chi connectivity index (χ2v) is 10.5. The van der Waals surface area contributed by atoms with Crippen LogP contribution in [-0.2, 0) is 0 Å². The lowest BCUT2D eigenvalue weighted by atomic mass is 9.99. The van der Waals surface area contributed by atoms with Crippen LogP contribution in [0.4, 0.5) is 0 Å². The average Bonchev–Trinajstić information content (AvgIpc) is 2.91. The smallest absolute Gasteiger partial charge is 0.0272 e. The topological polar surface area (TPSA) is 0 Å². The molecule has 0 radical (unpaired) electrons. The van der Waals surface area contributed by atoms with E-state index in [0.717, 1.165) is 11.3 Å². The summed E-state index contributed by atoms with van der Waals surface area (Å²) in [5.41, 5.74) is 1.99. The zero-order chi connectivity index (χ0) is 14.7. The summed E-state index contributed by atoms with van der Waals surface area (Å²) < 4.78 is 1.44. The first-order valence-electron chi connectivity index (χ1n) is 8.80. The lowest BCUT2D eigenvalue weighted by Crippen LogP contribution is -2.21. The summed E-state index contributed by atoms with van der Waals surface area (Å²) in [6.07, 6.45) is 21.6. The molecule has 0 spiro atoms. The van der Waals surface area contributed by atoms with Crippen molar-refractivity contribution in [2.45, 2.75) is 75.5 Å². The Kier molecular flexibility index (Phi) is 5.79. The van der Waals surface area contributed by atoms with E-state index in [9.17, 15) is 0 Å². The van der Waals surface area contributed by atoms with Crippen LogP contribution < -0.4 is 0 Å². The van der Waals surface area contributed by atoms with Gasteiger partial charge in [0.25, 0.3) is 0 Å². The van der Waals surface area contributed by atoms with Crippen molar-refractivity contribution < 1.29 is 0 Å². The molecule has 21 heavy (non-hydrogen) atoms. The predicted octanol–water partition coefficient (Wildman–Crippen LogP) is 7.11. The van der Waals surface area contributed by atoms with E-state index >= 15 is 0 Å². The van der Waals surface area contributed by atoms with Crippen molar-refractivity contribution >= 4 is 23.9 Å². The summed E-state index contributed by atoms with van der Waals surface area (Å²) in [6, 6.07) is 0. The standard InChI is InChI=1S/C19H28BrP/c1-2-15-13-14-18(19(15)20)21(16-9-5-3-6-10-16)17-11-7-4-8-12-17/h2,13-17H,1,3-12H2. The largest absolute Gasteiger partial charge is 0.102 e. The molecule has 3 aliphatic rings. The second kappa shape index (κ2) is 7.60. The number of allylic oxidation sites excluding steroid dienone is 5. The van der Waals surface area contributed by atoms with Crippen LogP contribution in [0.5, 0.6) is 0 Å². The molecule has 3 aliphatic carbocycles. The maximum Gasteiger partial charge on any atom is 0.0272 e. The summed E-state index contributed by atoms with van der Waals surface area (Å²) in [5, 5.41) is 1.69. The van der Waals surface area contributed by atoms with Crippen LogP contribution in [-0.4, -0.2) is 11.3 Å². The van der Waals surface area contributed by atoms with Crippen molar-refractivity contribution in [3.63, 3.8) is 0 Å². The van der Waals surface area contributed by atoms with E-state index in [2.05, 4.69) is 40.7 Å². The Morgan fingerprint density at radius 2 is 1.48 bits per heavy atom. The Hall–Kier alpha value is 0.130. The number of hydrogen-bond donors (Lipinski definition) is 0. The van der Waals surface area contributed by atoms with Crippen LogP contribution in [0.15, 0.2) is 34.6 Å². The second-order valence-electron chi connectivity index (χ2n) is 6.84. The van der Waals surface area contributed by atoms with E-state index in [4.69, 9.17) is 0 Å². The molecule has 0 N–H and O–H groups in total. The molecule has 0 bridgehead atoms. The third kappa shape index (κ3) is 3.56. The molecule has 0 saturated heterocycles. The zero-order valence-corrected chi connectivity index (χ0v) is 15.5. The molecule has 0 nitrogen and oxygen atoms in total. The summed E-state index contributed by atoms with van der Waals surface area (Å²) >= 11 is 3.93. The summed E-state index contributed by atoms with van der Waals surface area (Å²) in [4.78, 5) is 0. The molecular weight excluding hydrogens is 339 g/mol. The number of rotatable bonds is 4. The first-order valence-corrected chi connectivity index (χ1v) is 11.1. The van der Waals surface area contributed by atoms with Gasteiger partial charge in [-0.15, -0.1) is 6.58 Å². The van der Waals surface area contributed by atoms with Gasteiger partial charge < -0.3 is 0 Å². The van der Waals surface area contributed by atoms with Gasteiger partial charge in [0.15, 0.2) is 0 Å². The zero-order valence-electron chi connectivity index (χ0n) is 13.1. The van der Waals surface area contributed by atoms with Crippen LogP contribution in [0.3, 0.4) is 0 Å². The van der Waals surface area contributed by atoms with Crippen LogP contribution in [0, 0.1) is 5.92 Å². The Morgan fingerprint density at radius 3 is 1.90 bits per heavy atom. The van der Waals surface area contributed by atoms with Gasteiger partial charge in [-0.1, -0.05) is 80.6 Å². The van der Waals surface area contributed by atoms with Crippen LogP contribution in [0.2, 0.25) is 0 Å². The van der Waals surface area contributed by atoms with Gasteiger partial charge in [0.2, 0.25) is 0 Å². The van der Waals surface area contributed by atoms with E-state index in [0.29, 0.717) is 5.92 Å². The Balaban J connectivity index is 1.86. The van der Waals surface area contributed by atoms with Gasteiger partial charge in [-0.2, -0.15) is 0 Å². The van der Waals surface area contributed by atoms with E-state index in [1.165, 1.54) is 68.7 Å².